The molecular formula is C30H31Br2F3N2O9. The highest BCUT2D eigenvalue weighted by Crippen LogP contribution is 2.48. The van der Waals surface area contributed by atoms with E-state index in [-0.39, 0.29) is 61.3 Å². The van der Waals surface area contributed by atoms with Gasteiger partial charge in [0, 0.05) is 6.42 Å². The van der Waals surface area contributed by atoms with Crippen LogP contribution in [0.5, 0.6) is 5.88 Å². The van der Waals surface area contributed by atoms with Crippen molar-refractivity contribution in [2.45, 2.75) is 61.1 Å². The number of aromatic nitrogens is 2. The molecule has 0 unspecified atom stereocenters. The number of halogens is 5. The Balaban J connectivity index is 1.55. The molecule has 3 aromatic rings. The first-order valence-corrected chi connectivity index (χ1v) is 15.6. The van der Waals surface area contributed by atoms with Gasteiger partial charge in [-0.15, -0.1) is 0 Å². The summed E-state index contributed by atoms with van der Waals surface area (Å²) >= 11 is 6.38. The second-order valence-electron chi connectivity index (χ2n) is 11.1. The SMILES string of the molecule is CC(C)(Br)C(=O)OCCOC(=O)c1ccc(-n2nc(C(F)(F)F)c3c2O[C@@H](OCCOC(=O)C(C)(C)Br)C[C@@H]3c2ccco2)cc1. The third-order valence-electron chi connectivity index (χ3n) is 6.54. The normalized spacial score (nSPS) is 16.7. The van der Waals surface area contributed by atoms with E-state index in [0.717, 1.165) is 4.68 Å². The van der Waals surface area contributed by atoms with Crippen LogP contribution in [-0.4, -0.2) is 69.1 Å². The van der Waals surface area contributed by atoms with Gasteiger partial charge in [-0.1, -0.05) is 31.9 Å². The molecule has 2 atom stereocenters. The van der Waals surface area contributed by atoms with E-state index < -0.39 is 50.6 Å². The quantitative estimate of drug-likeness (QED) is 0.0891. The van der Waals surface area contributed by atoms with Crippen molar-refractivity contribution in [2.24, 2.45) is 0 Å². The van der Waals surface area contributed by atoms with E-state index in [1.54, 1.807) is 39.8 Å². The number of benzene rings is 1. The van der Waals surface area contributed by atoms with Gasteiger partial charge >= 0.3 is 24.1 Å². The summed E-state index contributed by atoms with van der Waals surface area (Å²) in [5.41, 5.74) is -1.14. The van der Waals surface area contributed by atoms with Crippen LogP contribution in [0.25, 0.3) is 5.69 Å². The van der Waals surface area contributed by atoms with Crippen LogP contribution in [0.15, 0.2) is 47.1 Å². The number of esters is 3. The summed E-state index contributed by atoms with van der Waals surface area (Å²) in [7, 11) is 0. The summed E-state index contributed by atoms with van der Waals surface area (Å²) in [4.78, 5) is 36.4. The van der Waals surface area contributed by atoms with Crippen molar-refractivity contribution in [3.63, 3.8) is 0 Å². The molecule has 0 saturated carbocycles. The van der Waals surface area contributed by atoms with Crippen molar-refractivity contribution < 1.29 is 55.7 Å². The van der Waals surface area contributed by atoms with E-state index in [2.05, 4.69) is 37.0 Å². The molecule has 0 aliphatic carbocycles. The standard InChI is InChI=1S/C30H31Br2F3N2O9/c1-28(2,31)26(39)44-14-12-42-21-16-19(20-6-5-11-41-20)22-23(30(33,34)35)36-37(24(22)46-21)18-9-7-17(8-10-18)25(38)43-13-15-45-27(40)29(3,4)32/h5-11,19,21H,12-16H2,1-4H3/t19-,21-/m1/s1. The van der Waals surface area contributed by atoms with Gasteiger partial charge in [0.1, 0.15) is 34.2 Å². The smallest absolute Gasteiger partial charge is 0.435 e. The second kappa shape index (κ2) is 14.2. The predicted octanol–water partition coefficient (Wildman–Crippen LogP) is 6.33. The van der Waals surface area contributed by atoms with Crippen LogP contribution in [0.2, 0.25) is 0 Å². The third kappa shape index (κ3) is 8.70. The summed E-state index contributed by atoms with van der Waals surface area (Å²) in [6.07, 6.45) is -4.58. The molecule has 0 N–H and O–H groups in total. The van der Waals surface area contributed by atoms with Crippen LogP contribution in [0.3, 0.4) is 0 Å². The van der Waals surface area contributed by atoms with E-state index in [1.165, 1.54) is 30.5 Å². The highest BCUT2D eigenvalue weighted by molar-refractivity contribution is 9.10. The van der Waals surface area contributed by atoms with Crippen molar-refractivity contribution >= 4 is 49.8 Å². The monoisotopic (exact) mass is 778 g/mol. The fraction of sp³-hybridized carbons (Fsp3) is 0.467. The predicted molar refractivity (Wildman–Crippen MR) is 162 cm³/mol. The highest BCUT2D eigenvalue weighted by atomic mass is 79.9. The van der Waals surface area contributed by atoms with E-state index >= 15 is 0 Å². The van der Waals surface area contributed by atoms with Gasteiger partial charge < -0.3 is 28.1 Å². The summed E-state index contributed by atoms with van der Waals surface area (Å²) < 4.78 is 74.7. The average molecular weight is 780 g/mol. The van der Waals surface area contributed by atoms with Gasteiger partial charge in [0.05, 0.1) is 35.6 Å². The Labute approximate surface area is 278 Å². The van der Waals surface area contributed by atoms with Gasteiger partial charge in [0.15, 0.2) is 5.69 Å². The maximum Gasteiger partial charge on any atom is 0.435 e. The van der Waals surface area contributed by atoms with E-state index in [4.69, 9.17) is 28.1 Å². The Morgan fingerprint density at radius 2 is 1.50 bits per heavy atom. The molecule has 250 valence electrons. The molecule has 0 fully saturated rings. The van der Waals surface area contributed by atoms with E-state index in [1.807, 2.05) is 0 Å². The van der Waals surface area contributed by atoms with Crippen molar-refractivity contribution in [2.75, 3.05) is 26.4 Å². The Morgan fingerprint density at radius 3 is 2.04 bits per heavy atom. The lowest BCUT2D eigenvalue weighted by Gasteiger charge is -2.30. The van der Waals surface area contributed by atoms with Gasteiger partial charge in [-0.25, -0.2) is 9.48 Å². The van der Waals surface area contributed by atoms with E-state index in [9.17, 15) is 27.6 Å². The van der Waals surface area contributed by atoms with Crippen LogP contribution in [0.1, 0.15) is 67.4 Å². The number of hydrogen-bond donors (Lipinski definition) is 0. The number of carbonyl (C=O) groups is 3. The number of furan rings is 1. The molecule has 1 aliphatic rings. The first kappa shape index (κ1) is 35.5. The Bertz CT molecular complexity index is 1530. The van der Waals surface area contributed by atoms with Crippen LogP contribution in [-0.2, 0) is 34.7 Å². The van der Waals surface area contributed by atoms with Gasteiger partial charge in [-0.2, -0.15) is 18.3 Å². The molecule has 46 heavy (non-hydrogen) atoms. The Hall–Kier alpha value is -3.37. The molecule has 16 heteroatoms. The molecule has 4 rings (SSSR count). The molecule has 1 aromatic carbocycles. The van der Waals surface area contributed by atoms with Crippen LogP contribution in [0.4, 0.5) is 13.2 Å². The summed E-state index contributed by atoms with van der Waals surface area (Å²) in [5.74, 6) is -2.68. The number of rotatable bonds is 12. The minimum Gasteiger partial charge on any atom is -0.469 e. The first-order valence-electron chi connectivity index (χ1n) is 14.0. The lowest BCUT2D eigenvalue weighted by molar-refractivity contribution is -0.152. The number of fused-ring (bicyclic) bond motifs is 1. The van der Waals surface area contributed by atoms with E-state index in [0.29, 0.717) is 0 Å². The zero-order valence-electron chi connectivity index (χ0n) is 25.2. The lowest BCUT2D eigenvalue weighted by Crippen LogP contribution is -2.32. The Morgan fingerprint density at radius 1 is 0.913 bits per heavy atom. The zero-order valence-corrected chi connectivity index (χ0v) is 28.4. The molecule has 0 bridgehead atoms. The fourth-order valence-corrected chi connectivity index (χ4v) is 4.54. The number of ether oxygens (including phenoxy) is 5. The largest absolute Gasteiger partial charge is 0.469 e. The number of carbonyl (C=O) groups excluding carboxylic acids is 3. The second-order valence-corrected chi connectivity index (χ2v) is 15.1. The molecule has 0 spiro atoms. The van der Waals surface area contributed by atoms with Crippen LogP contribution < -0.4 is 4.74 Å². The fourth-order valence-electron chi connectivity index (χ4n) is 4.31. The van der Waals surface area contributed by atoms with Gasteiger partial charge in [0.25, 0.3) is 0 Å². The molecule has 11 nitrogen and oxygen atoms in total. The van der Waals surface area contributed by atoms with Gasteiger partial charge in [-0.3, -0.25) is 9.59 Å². The summed E-state index contributed by atoms with van der Waals surface area (Å²) in [6, 6.07) is 8.59. The summed E-state index contributed by atoms with van der Waals surface area (Å²) in [6.45, 7) is 5.89. The molecule has 3 heterocycles. The average Bonchev–Trinajstić information content (AvgIpc) is 3.65. The molecule has 0 amide bonds. The van der Waals surface area contributed by atoms with Gasteiger partial charge in [-0.05, 0) is 64.1 Å². The third-order valence-corrected chi connectivity index (χ3v) is 7.19. The minimum absolute atomic E-state index is 0.0413. The van der Waals surface area contributed by atoms with Crippen LogP contribution >= 0.6 is 31.9 Å². The van der Waals surface area contributed by atoms with Crippen molar-refractivity contribution in [1.29, 1.82) is 0 Å². The van der Waals surface area contributed by atoms with Crippen molar-refractivity contribution in [1.82, 2.24) is 9.78 Å². The maximum absolute atomic E-state index is 14.3. The first-order chi connectivity index (χ1) is 21.5. The van der Waals surface area contributed by atoms with Crippen molar-refractivity contribution in [3.8, 4) is 11.6 Å². The topological polar surface area (TPSA) is 128 Å². The summed E-state index contributed by atoms with van der Waals surface area (Å²) in [5, 5.41) is 3.87. The van der Waals surface area contributed by atoms with Gasteiger partial charge in [0.2, 0.25) is 12.2 Å². The van der Waals surface area contributed by atoms with Crippen molar-refractivity contribution in [3.05, 3.63) is 65.2 Å². The number of nitrogens with zero attached hydrogens (tertiary/aromatic N) is 2. The highest BCUT2D eigenvalue weighted by Gasteiger charge is 2.46. The molecule has 2 aromatic heterocycles. The molecule has 0 saturated heterocycles. The van der Waals surface area contributed by atoms with Crippen LogP contribution in [0, 0.1) is 0 Å². The number of hydrogen-bond acceptors (Lipinski definition) is 10. The molecular weight excluding hydrogens is 749 g/mol. The molecule has 1 aliphatic heterocycles. The number of alkyl halides is 5. The zero-order chi connectivity index (χ0) is 33.9. The molecule has 0 radical (unpaired) electrons. The Kier molecular flexibility index (Phi) is 10.9. The minimum atomic E-state index is -4.84. The lowest BCUT2D eigenvalue weighted by atomic mass is 9.90. The maximum atomic E-state index is 14.3.